The van der Waals surface area contributed by atoms with Gasteiger partial charge in [-0.2, -0.15) is 5.26 Å². The van der Waals surface area contributed by atoms with E-state index in [4.69, 9.17) is 10.00 Å². The lowest BCUT2D eigenvalue weighted by molar-refractivity contribution is 0.0893. The van der Waals surface area contributed by atoms with E-state index in [0.717, 1.165) is 37.0 Å². The van der Waals surface area contributed by atoms with Gasteiger partial charge in [-0.3, -0.25) is 0 Å². The SMILES string of the molecule is CC1=CC2CC(C=C1C#N)CCCO2. The first-order valence-electron chi connectivity index (χ1n) is 5.22. The van der Waals surface area contributed by atoms with Crippen LogP contribution in [0.4, 0.5) is 0 Å². The fraction of sp³-hybridized carbons (Fsp3) is 0.583. The van der Waals surface area contributed by atoms with E-state index in [9.17, 15) is 0 Å². The smallest absolute Gasteiger partial charge is 0.0991 e. The van der Waals surface area contributed by atoms with Crippen molar-refractivity contribution >= 4 is 0 Å². The van der Waals surface area contributed by atoms with Gasteiger partial charge in [-0.15, -0.1) is 0 Å². The third kappa shape index (κ3) is 1.88. The van der Waals surface area contributed by atoms with Crippen LogP contribution in [0.3, 0.4) is 0 Å². The van der Waals surface area contributed by atoms with Gasteiger partial charge < -0.3 is 4.74 Å². The molecule has 0 radical (unpaired) electrons. The van der Waals surface area contributed by atoms with Crippen LogP contribution in [0.25, 0.3) is 0 Å². The van der Waals surface area contributed by atoms with Gasteiger partial charge in [0.2, 0.25) is 0 Å². The molecular weight excluding hydrogens is 174 g/mol. The molecule has 1 heterocycles. The minimum Gasteiger partial charge on any atom is -0.374 e. The van der Waals surface area contributed by atoms with Gasteiger partial charge in [-0.1, -0.05) is 12.2 Å². The van der Waals surface area contributed by atoms with Crippen molar-refractivity contribution in [3.05, 3.63) is 23.3 Å². The Morgan fingerprint density at radius 1 is 1.50 bits per heavy atom. The van der Waals surface area contributed by atoms with Gasteiger partial charge in [0.25, 0.3) is 0 Å². The van der Waals surface area contributed by atoms with Gasteiger partial charge in [0.1, 0.15) is 0 Å². The first kappa shape index (κ1) is 9.48. The van der Waals surface area contributed by atoms with Gasteiger partial charge in [-0.05, 0) is 37.7 Å². The second-order valence-corrected chi connectivity index (χ2v) is 4.09. The average molecular weight is 189 g/mol. The number of rotatable bonds is 0. The molecule has 0 aromatic rings. The molecule has 2 rings (SSSR count). The number of nitrogens with zero attached hydrogens (tertiary/aromatic N) is 1. The Morgan fingerprint density at radius 3 is 3.14 bits per heavy atom. The molecule has 2 bridgehead atoms. The summed E-state index contributed by atoms with van der Waals surface area (Å²) >= 11 is 0. The van der Waals surface area contributed by atoms with E-state index in [2.05, 4.69) is 18.2 Å². The first-order chi connectivity index (χ1) is 6.79. The van der Waals surface area contributed by atoms with Gasteiger partial charge in [-0.25, -0.2) is 0 Å². The number of ether oxygens (including phenoxy) is 1. The van der Waals surface area contributed by atoms with E-state index in [1.807, 2.05) is 6.92 Å². The minimum atomic E-state index is 0.226. The Kier molecular flexibility index (Phi) is 2.69. The van der Waals surface area contributed by atoms with Crippen molar-refractivity contribution in [1.82, 2.24) is 0 Å². The van der Waals surface area contributed by atoms with Gasteiger partial charge in [0.15, 0.2) is 0 Å². The van der Waals surface area contributed by atoms with Crippen LogP contribution in [-0.4, -0.2) is 12.7 Å². The van der Waals surface area contributed by atoms with Crippen molar-refractivity contribution in [2.24, 2.45) is 5.92 Å². The molecule has 1 aliphatic carbocycles. The number of hydrogen-bond donors (Lipinski definition) is 0. The Morgan fingerprint density at radius 2 is 2.36 bits per heavy atom. The highest BCUT2D eigenvalue weighted by Gasteiger charge is 2.21. The summed E-state index contributed by atoms with van der Waals surface area (Å²) in [6.07, 6.45) is 7.76. The third-order valence-electron chi connectivity index (χ3n) is 2.97. The van der Waals surface area contributed by atoms with Crippen molar-refractivity contribution in [1.29, 1.82) is 5.26 Å². The predicted octanol–water partition coefficient (Wildman–Crippen LogP) is 2.58. The molecule has 0 spiro atoms. The van der Waals surface area contributed by atoms with Gasteiger partial charge in [0.05, 0.1) is 17.7 Å². The highest BCUT2D eigenvalue weighted by atomic mass is 16.5. The third-order valence-corrected chi connectivity index (χ3v) is 2.97. The summed E-state index contributed by atoms with van der Waals surface area (Å²) < 4.78 is 5.70. The van der Waals surface area contributed by atoms with Crippen LogP contribution in [-0.2, 0) is 4.74 Å². The van der Waals surface area contributed by atoms with E-state index in [-0.39, 0.29) is 6.10 Å². The quantitative estimate of drug-likeness (QED) is 0.586. The Balaban J connectivity index is 2.30. The van der Waals surface area contributed by atoms with E-state index in [1.165, 1.54) is 0 Å². The first-order valence-corrected chi connectivity index (χ1v) is 5.22. The molecule has 0 N–H and O–H groups in total. The molecule has 0 aromatic carbocycles. The van der Waals surface area contributed by atoms with Crippen molar-refractivity contribution in [3.63, 3.8) is 0 Å². The molecule has 1 aliphatic heterocycles. The zero-order valence-electron chi connectivity index (χ0n) is 8.49. The fourth-order valence-electron chi connectivity index (χ4n) is 2.19. The molecular formula is C12H15NO. The zero-order valence-corrected chi connectivity index (χ0v) is 8.49. The summed E-state index contributed by atoms with van der Waals surface area (Å²) in [5, 5.41) is 8.98. The van der Waals surface area contributed by atoms with E-state index in [0.29, 0.717) is 5.92 Å². The summed E-state index contributed by atoms with van der Waals surface area (Å²) in [7, 11) is 0. The Hall–Kier alpha value is -1.07. The zero-order chi connectivity index (χ0) is 9.97. The second-order valence-electron chi connectivity index (χ2n) is 4.09. The molecule has 2 nitrogen and oxygen atoms in total. The minimum absolute atomic E-state index is 0.226. The fourth-order valence-corrected chi connectivity index (χ4v) is 2.19. The molecule has 0 amide bonds. The second kappa shape index (κ2) is 3.98. The van der Waals surface area contributed by atoms with Gasteiger partial charge in [0, 0.05) is 6.61 Å². The summed E-state index contributed by atoms with van der Waals surface area (Å²) in [5.41, 5.74) is 1.91. The average Bonchev–Trinajstić information content (AvgIpc) is 2.47. The van der Waals surface area contributed by atoms with Crippen molar-refractivity contribution in [2.45, 2.75) is 32.3 Å². The molecule has 2 aliphatic rings. The number of nitriles is 1. The molecule has 0 aromatic heterocycles. The summed E-state index contributed by atoms with van der Waals surface area (Å²) in [6, 6.07) is 2.26. The van der Waals surface area contributed by atoms with Crippen LogP contribution in [0, 0.1) is 17.2 Å². The molecule has 74 valence electrons. The van der Waals surface area contributed by atoms with Crippen LogP contribution in [0.1, 0.15) is 26.2 Å². The predicted molar refractivity (Wildman–Crippen MR) is 54.5 cm³/mol. The van der Waals surface area contributed by atoms with Gasteiger partial charge >= 0.3 is 0 Å². The lowest BCUT2D eigenvalue weighted by Crippen LogP contribution is -2.10. The highest BCUT2D eigenvalue weighted by molar-refractivity contribution is 5.42. The lowest BCUT2D eigenvalue weighted by Gasteiger charge is -2.11. The molecule has 2 heteroatoms. The largest absolute Gasteiger partial charge is 0.374 e. The maximum absolute atomic E-state index is 8.98. The number of allylic oxidation sites excluding steroid dienone is 3. The van der Waals surface area contributed by atoms with Crippen molar-refractivity contribution in [2.75, 3.05) is 6.61 Å². The van der Waals surface area contributed by atoms with Crippen molar-refractivity contribution in [3.8, 4) is 6.07 Å². The van der Waals surface area contributed by atoms with Crippen LogP contribution >= 0.6 is 0 Å². The summed E-state index contributed by atoms with van der Waals surface area (Å²) in [6.45, 7) is 2.86. The molecule has 1 saturated heterocycles. The standard InChI is InChI=1S/C12H15NO/c1-9-5-12-7-10(3-2-4-14-12)6-11(9)8-13/h5-6,10,12H,2-4,7H2,1H3. The van der Waals surface area contributed by atoms with E-state index in [1.54, 1.807) is 0 Å². The van der Waals surface area contributed by atoms with Crippen LogP contribution in [0.5, 0.6) is 0 Å². The lowest BCUT2D eigenvalue weighted by atomic mass is 9.97. The normalized spacial score (nSPS) is 32.0. The number of fused-ring (bicyclic) bond motifs is 2. The molecule has 14 heavy (non-hydrogen) atoms. The highest BCUT2D eigenvalue weighted by Crippen LogP contribution is 2.29. The van der Waals surface area contributed by atoms with E-state index >= 15 is 0 Å². The summed E-state index contributed by atoms with van der Waals surface area (Å²) in [4.78, 5) is 0. The van der Waals surface area contributed by atoms with E-state index < -0.39 is 0 Å². The van der Waals surface area contributed by atoms with Crippen LogP contribution in [0.15, 0.2) is 23.3 Å². The molecule has 1 fully saturated rings. The van der Waals surface area contributed by atoms with Crippen LogP contribution < -0.4 is 0 Å². The molecule has 2 unspecified atom stereocenters. The molecule has 0 saturated carbocycles. The van der Waals surface area contributed by atoms with Crippen LogP contribution in [0.2, 0.25) is 0 Å². The Labute approximate surface area is 84.9 Å². The Bertz CT molecular complexity index is 322. The number of hydrogen-bond acceptors (Lipinski definition) is 2. The topological polar surface area (TPSA) is 33.0 Å². The maximum Gasteiger partial charge on any atom is 0.0991 e. The molecule has 2 atom stereocenters. The van der Waals surface area contributed by atoms with Crippen molar-refractivity contribution < 1.29 is 4.74 Å². The maximum atomic E-state index is 8.98. The summed E-state index contributed by atoms with van der Waals surface area (Å²) in [5.74, 6) is 0.533. The monoisotopic (exact) mass is 189 g/mol.